The van der Waals surface area contributed by atoms with Gasteiger partial charge in [-0.1, -0.05) is 25.3 Å². The first kappa shape index (κ1) is 17.7. The van der Waals surface area contributed by atoms with Crippen molar-refractivity contribution < 1.29 is 4.74 Å². The fraction of sp³-hybridized carbons (Fsp3) is 0.619. The van der Waals surface area contributed by atoms with Crippen molar-refractivity contribution in [1.82, 2.24) is 19.7 Å². The van der Waals surface area contributed by atoms with Crippen molar-refractivity contribution in [2.75, 3.05) is 19.7 Å². The summed E-state index contributed by atoms with van der Waals surface area (Å²) in [6.07, 6.45) is 12.7. The Morgan fingerprint density at radius 1 is 1.04 bits per heavy atom. The van der Waals surface area contributed by atoms with E-state index in [4.69, 9.17) is 4.74 Å². The Morgan fingerprint density at radius 3 is 2.81 bits per heavy atom. The minimum absolute atomic E-state index is 0.483. The van der Waals surface area contributed by atoms with Gasteiger partial charge >= 0.3 is 0 Å². The van der Waals surface area contributed by atoms with Crippen LogP contribution >= 0.6 is 0 Å². The normalized spacial score (nSPS) is 22.1. The van der Waals surface area contributed by atoms with E-state index in [1.54, 1.807) is 6.20 Å². The first-order chi connectivity index (χ1) is 12.9. The van der Waals surface area contributed by atoms with E-state index in [0.29, 0.717) is 12.5 Å². The van der Waals surface area contributed by atoms with Crippen molar-refractivity contribution >= 4 is 0 Å². The molecule has 1 aliphatic heterocycles. The molecule has 5 heteroatoms. The van der Waals surface area contributed by atoms with Crippen molar-refractivity contribution in [2.24, 2.45) is 11.8 Å². The second-order valence-electron chi connectivity index (χ2n) is 7.95. The summed E-state index contributed by atoms with van der Waals surface area (Å²) in [5.74, 6) is 1.35. The average molecular weight is 354 g/mol. The highest BCUT2D eigenvalue weighted by Gasteiger charge is 2.25. The summed E-state index contributed by atoms with van der Waals surface area (Å²) < 4.78 is 8.22. The van der Waals surface area contributed by atoms with E-state index >= 15 is 0 Å². The molecule has 0 radical (unpaired) electrons. The molecule has 0 bridgehead atoms. The molecule has 1 aliphatic carbocycles. The number of aromatic nitrogens is 3. The van der Waals surface area contributed by atoms with Crippen LogP contribution < -0.4 is 0 Å². The molecular weight excluding hydrogens is 324 g/mol. The summed E-state index contributed by atoms with van der Waals surface area (Å²) in [5, 5.41) is 4.54. The molecule has 1 unspecified atom stereocenters. The van der Waals surface area contributed by atoms with Crippen LogP contribution in [0.1, 0.15) is 43.4 Å². The van der Waals surface area contributed by atoms with E-state index in [1.165, 1.54) is 44.3 Å². The third kappa shape index (κ3) is 4.71. The number of pyridine rings is 1. The van der Waals surface area contributed by atoms with Crippen molar-refractivity contribution in [3.63, 3.8) is 0 Å². The van der Waals surface area contributed by atoms with Crippen molar-refractivity contribution in [3.8, 4) is 0 Å². The SMILES string of the molecule is c1cncc(COCC2CN(CC3CCCCC3)Cc3ccnn3C2)c1. The van der Waals surface area contributed by atoms with Crippen LogP contribution in [0.25, 0.3) is 0 Å². The molecule has 1 saturated carbocycles. The number of hydrogen-bond donors (Lipinski definition) is 0. The van der Waals surface area contributed by atoms with Crippen LogP contribution in [0.5, 0.6) is 0 Å². The number of fused-ring (bicyclic) bond motifs is 1. The minimum atomic E-state index is 0.483. The highest BCUT2D eigenvalue weighted by Crippen LogP contribution is 2.26. The average Bonchev–Trinajstić information content (AvgIpc) is 3.03. The summed E-state index contributed by atoms with van der Waals surface area (Å²) in [6.45, 7) is 5.72. The molecule has 1 atom stereocenters. The highest BCUT2D eigenvalue weighted by molar-refractivity contribution is 5.06. The zero-order valence-electron chi connectivity index (χ0n) is 15.6. The summed E-state index contributed by atoms with van der Waals surface area (Å²) >= 11 is 0. The smallest absolute Gasteiger partial charge is 0.0731 e. The summed E-state index contributed by atoms with van der Waals surface area (Å²) in [5.41, 5.74) is 2.48. The number of rotatable bonds is 6. The quantitative estimate of drug-likeness (QED) is 0.796. The van der Waals surface area contributed by atoms with E-state index in [9.17, 15) is 0 Å². The fourth-order valence-electron chi connectivity index (χ4n) is 4.43. The zero-order valence-corrected chi connectivity index (χ0v) is 15.6. The topological polar surface area (TPSA) is 43.2 Å². The van der Waals surface area contributed by atoms with Crippen LogP contribution in [-0.2, 0) is 24.4 Å². The van der Waals surface area contributed by atoms with Crippen LogP contribution in [0.3, 0.4) is 0 Å². The molecule has 1 fully saturated rings. The Morgan fingerprint density at radius 2 is 1.96 bits per heavy atom. The van der Waals surface area contributed by atoms with Gasteiger partial charge < -0.3 is 4.74 Å². The van der Waals surface area contributed by atoms with Gasteiger partial charge in [0.15, 0.2) is 0 Å². The number of nitrogens with zero attached hydrogens (tertiary/aromatic N) is 4. The fourth-order valence-corrected chi connectivity index (χ4v) is 4.43. The molecule has 3 heterocycles. The van der Waals surface area contributed by atoms with Crippen LogP contribution in [0, 0.1) is 11.8 Å². The molecule has 2 aliphatic rings. The maximum absolute atomic E-state index is 6.04. The first-order valence-corrected chi connectivity index (χ1v) is 10.1. The first-order valence-electron chi connectivity index (χ1n) is 10.1. The van der Waals surface area contributed by atoms with E-state index in [-0.39, 0.29) is 0 Å². The molecule has 140 valence electrons. The Labute approximate surface area is 156 Å². The Hall–Kier alpha value is -1.72. The lowest BCUT2D eigenvalue weighted by molar-refractivity contribution is 0.0626. The minimum Gasteiger partial charge on any atom is -0.376 e. The van der Waals surface area contributed by atoms with Crippen molar-refractivity contribution in [2.45, 2.75) is 51.8 Å². The van der Waals surface area contributed by atoms with Crippen LogP contribution in [0.2, 0.25) is 0 Å². The lowest BCUT2D eigenvalue weighted by Gasteiger charge is -2.30. The van der Waals surface area contributed by atoms with Gasteiger partial charge in [-0.2, -0.15) is 5.10 Å². The van der Waals surface area contributed by atoms with Crippen LogP contribution in [0.4, 0.5) is 0 Å². The van der Waals surface area contributed by atoms with Crippen LogP contribution in [0.15, 0.2) is 36.8 Å². The van der Waals surface area contributed by atoms with E-state index in [1.807, 2.05) is 18.5 Å². The van der Waals surface area contributed by atoms with E-state index in [0.717, 1.165) is 37.7 Å². The Kier molecular flexibility index (Phi) is 5.97. The second kappa shape index (κ2) is 8.78. The van der Waals surface area contributed by atoms with Gasteiger partial charge in [0, 0.05) is 50.7 Å². The van der Waals surface area contributed by atoms with Gasteiger partial charge in [0.1, 0.15) is 0 Å². The standard InChI is InChI=1S/C21H30N4O/c1-2-5-18(6-3-1)12-24-13-20(14-25-21(15-24)8-10-23-25)17-26-16-19-7-4-9-22-11-19/h4,7-11,18,20H,1-3,5-6,12-17H2. The second-order valence-corrected chi connectivity index (χ2v) is 7.95. The summed E-state index contributed by atoms with van der Waals surface area (Å²) in [4.78, 5) is 6.81. The maximum atomic E-state index is 6.04. The predicted molar refractivity (Wildman–Crippen MR) is 101 cm³/mol. The molecule has 0 spiro atoms. The molecule has 0 saturated heterocycles. The molecule has 0 N–H and O–H groups in total. The lowest BCUT2D eigenvalue weighted by atomic mass is 9.89. The summed E-state index contributed by atoms with van der Waals surface area (Å²) in [6, 6.07) is 6.21. The number of hydrogen-bond acceptors (Lipinski definition) is 4. The molecule has 2 aromatic heterocycles. The molecule has 2 aromatic rings. The largest absolute Gasteiger partial charge is 0.376 e. The third-order valence-electron chi connectivity index (χ3n) is 5.72. The highest BCUT2D eigenvalue weighted by atomic mass is 16.5. The van der Waals surface area contributed by atoms with Gasteiger partial charge in [-0.3, -0.25) is 14.6 Å². The Bertz CT molecular complexity index is 666. The summed E-state index contributed by atoms with van der Waals surface area (Å²) in [7, 11) is 0. The van der Waals surface area contributed by atoms with Gasteiger partial charge in [0.25, 0.3) is 0 Å². The zero-order chi connectivity index (χ0) is 17.6. The predicted octanol–water partition coefficient (Wildman–Crippen LogP) is 3.51. The van der Waals surface area contributed by atoms with Gasteiger partial charge in [-0.25, -0.2) is 0 Å². The maximum Gasteiger partial charge on any atom is 0.0731 e. The monoisotopic (exact) mass is 354 g/mol. The van der Waals surface area contributed by atoms with Gasteiger partial charge in [0.2, 0.25) is 0 Å². The molecular formula is C21H30N4O. The van der Waals surface area contributed by atoms with Crippen LogP contribution in [-0.4, -0.2) is 39.4 Å². The molecule has 5 nitrogen and oxygen atoms in total. The third-order valence-corrected chi connectivity index (χ3v) is 5.72. The lowest BCUT2D eigenvalue weighted by Crippen LogP contribution is -2.34. The van der Waals surface area contributed by atoms with E-state index in [2.05, 4.69) is 31.8 Å². The van der Waals surface area contributed by atoms with Crippen molar-refractivity contribution in [3.05, 3.63) is 48.0 Å². The molecule has 0 amide bonds. The molecule has 26 heavy (non-hydrogen) atoms. The van der Waals surface area contributed by atoms with Gasteiger partial charge in [-0.05, 0) is 36.5 Å². The van der Waals surface area contributed by atoms with E-state index < -0.39 is 0 Å². The number of ether oxygens (including phenoxy) is 1. The Balaban J connectivity index is 1.35. The molecule has 4 rings (SSSR count). The van der Waals surface area contributed by atoms with Gasteiger partial charge in [-0.15, -0.1) is 0 Å². The molecule has 0 aromatic carbocycles. The van der Waals surface area contributed by atoms with Gasteiger partial charge in [0.05, 0.1) is 18.9 Å². The van der Waals surface area contributed by atoms with Crippen molar-refractivity contribution in [1.29, 1.82) is 0 Å².